The van der Waals surface area contributed by atoms with Crippen molar-refractivity contribution in [1.29, 1.82) is 0 Å². The molecule has 1 saturated heterocycles. The second-order valence-electron chi connectivity index (χ2n) is 3.45. The maximum atomic E-state index is 5.31. The lowest BCUT2D eigenvalue weighted by Gasteiger charge is -2.25. The van der Waals surface area contributed by atoms with E-state index in [0.717, 1.165) is 26.3 Å². The van der Waals surface area contributed by atoms with Gasteiger partial charge in [-0.25, -0.2) is 4.31 Å². The van der Waals surface area contributed by atoms with E-state index in [-0.39, 0.29) is 0 Å². The molecule has 14 heavy (non-hydrogen) atoms. The molecular formula is C11H15NOS. The van der Waals surface area contributed by atoms with Crippen LogP contribution in [0.4, 0.5) is 0 Å². The first-order valence-electron chi connectivity index (χ1n) is 4.92. The summed E-state index contributed by atoms with van der Waals surface area (Å²) in [6.07, 6.45) is 0. The summed E-state index contributed by atoms with van der Waals surface area (Å²) in [4.78, 5) is 1.33. The molecule has 0 N–H and O–H groups in total. The van der Waals surface area contributed by atoms with Crippen molar-refractivity contribution < 1.29 is 4.74 Å². The standard InChI is InChI=1S/C11H15NOS/c1-10-3-2-4-11(9-10)14-12-5-7-13-8-6-12/h2-4,9H,5-8H2,1H3. The fraction of sp³-hybridized carbons (Fsp3) is 0.455. The van der Waals surface area contributed by atoms with Gasteiger partial charge in [0.25, 0.3) is 0 Å². The van der Waals surface area contributed by atoms with Gasteiger partial charge in [0.05, 0.1) is 13.2 Å². The molecule has 1 heterocycles. The Hall–Kier alpha value is -0.510. The molecule has 1 aromatic carbocycles. The highest BCUT2D eigenvalue weighted by atomic mass is 32.2. The van der Waals surface area contributed by atoms with Crippen LogP contribution >= 0.6 is 11.9 Å². The van der Waals surface area contributed by atoms with Crippen LogP contribution in [0.1, 0.15) is 5.56 Å². The van der Waals surface area contributed by atoms with Gasteiger partial charge in [-0.15, -0.1) is 0 Å². The van der Waals surface area contributed by atoms with Crippen LogP contribution in [0.15, 0.2) is 29.2 Å². The van der Waals surface area contributed by atoms with Crippen LogP contribution in [0.3, 0.4) is 0 Å². The summed E-state index contributed by atoms with van der Waals surface area (Å²) >= 11 is 1.83. The monoisotopic (exact) mass is 209 g/mol. The van der Waals surface area contributed by atoms with Gasteiger partial charge in [-0.1, -0.05) is 12.1 Å². The summed E-state index contributed by atoms with van der Waals surface area (Å²) in [6, 6.07) is 8.62. The number of nitrogens with zero attached hydrogens (tertiary/aromatic N) is 1. The first-order valence-corrected chi connectivity index (χ1v) is 5.69. The molecule has 0 spiro atoms. The number of ether oxygens (including phenoxy) is 1. The lowest BCUT2D eigenvalue weighted by molar-refractivity contribution is 0.0773. The quantitative estimate of drug-likeness (QED) is 0.694. The Kier molecular flexibility index (Phi) is 3.45. The third kappa shape index (κ3) is 2.74. The number of morpholine rings is 1. The molecule has 2 rings (SSSR count). The normalized spacial score (nSPS) is 18.4. The van der Waals surface area contributed by atoms with Gasteiger partial charge in [-0.2, -0.15) is 0 Å². The number of rotatable bonds is 2. The zero-order valence-corrected chi connectivity index (χ0v) is 9.22. The molecule has 0 atom stereocenters. The summed E-state index contributed by atoms with van der Waals surface area (Å²) in [6.45, 7) is 5.90. The Labute approximate surface area is 89.4 Å². The van der Waals surface area contributed by atoms with Crippen molar-refractivity contribution >= 4 is 11.9 Å². The third-order valence-corrected chi connectivity index (χ3v) is 3.28. The van der Waals surface area contributed by atoms with E-state index in [1.807, 2.05) is 11.9 Å². The minimum atomic E-state index is 0.860. The molecule has 0 radical (unpaired) electrons. The SMILES string of the molecule is Cc1cccc(SN2CCOCC2)c1. The largest absolute Gasteiger partial charge is 0.379 e. The molecule has 3 heteroatoms. The fourth-order valence-corrected chi connectivity index (χ4v) is 2.47. The van der Waals surface area contributed by atoms with Gasteiger partial charge < -0.3 is 4.74 Å². The summed E-state index contributed by atoms with van der Waals surface area (Å²) in [5, 5.41) is 0. The summed E-state index contributed by atoms with van der Waals surface area (Å²) in [5.74, 6) is 0. The van der Waals surface area contributed by atoms with Crippen LogP contribution in [0.5, 0.6) is 0 Å². The van der Waals surface area contributed by atoms with Crippen LogP contribution in [0, 0.1) is 6.92 Å². The Balaban J connectivity index is 1.95. The Morgan fingerprint density at radius 1 is 1.29 bits per heavy atom. The van der Waals surface area contributed by atoms with Crippen LogP contribution in [-0.2, 0) is 4.74 Å². The molecule has 1 fully saturated rings. The zero-order valence-electron chi connectivity index (χ0n) is 8.40. The molecule has 0 aromatic heterocycles. The van der Waals surface area contributed by atoms with E-state index in [9.17, 15) is 0 Å². The number of hydrogen-bond acceptors (Lipinski definition) is 3. The van der Waals surface area contributed by atoms with Crippen molar-refractivity contribution in [3.63, 3.8) is 0 Å². The average Bonchev–Trinajstić information content (AvgIpc) is 2.19. The smallest absolute Gasteiger partial charge is 0.0603 e. The first-order chi connectivity index (χ1) is 6.84. The minimum absolute atomic E-state index is 0.860. The van der Waals surface area contributed by atoms with E-state index in [1.54, 1.807) is 0 Å². The third-order valence-electron chi connectivity index (χ3n) is 2.19. The highest BCUT2D eigenvalue weighted by molar-refractivity contribution is 7.97. The molecule has 1 aromatic rings. The zero-order chi connectivity index (χ0) is 9.80. The number of aryl methyl sites for hydroxylation is 1. The van der Waals surface area contributed by atoms with Crippen molar-refractivity contribution in [2.45, 2.75) is 11.8 Å². The van der Waals surface area contributed by atoms with Crippen molar-refractivity contribution in [2.24, 2.45) is 0 Å². The van der Waals surface area contributed by atoms with Gasteiger partial charge >= 0.3 is 0 Å². The molecule has 0 bridgehead atoms. The highest BCUT2D eigenvalue weighted by Gasteiger charge is 2.11. The van der Waals surface area contributed by atoms with Crippen LogP contribution in [-0.4, -0.2) is 30.6 Å². The lowest BCUT2D eigenvalue weighted by atomic mass is 10.2. The van der Waals surface area contributed by atoms with Crippen LogP contribution in [0.2, 0.25) is 0 Å². The molecule has 2 nitrogen and oxygen atoms in total. The van der Waals surface area contributed by atoms with Gasteiger partial charge in [-0.05, 0) is 36.6 Å². The van der Waals surface area contributed by atoms with Crippen molar-refractivity contribution in [1.82, 2.24) is 4.31 Å². The van der Waals surface area contributed by atoms with E-state index in [0.29, 0.717) is 0 Å². The summed E-state index contributed by atoms with van der Waals surface area (Å²) < 4.78 is 7.67. The fourth-order valence-electron chi connectivity index (χ4n) is 1.46. The highest BCUT2D eigenvalue weighted by Crippen LogP contribution is 2.23. The van der Waals surface area contributed by atoms with E-state index in [2.05, 4.69) is 35.5 Å². The van der Waals surface area contributed by atoms with Gasteiger partial charge in [-0.3, -0.25) is 0 Å². The van der Waals surface area contributed by atoms with Gasteiger partial charge in [0.15, 0.2) is 0 Å². The summed E-state index contributed by atoms with van der Waals surface area (Å²) in [5.41, 5.74) is 1.32. The molecule has 1 aliphatic heterocycles. The predicted octanol–water partition coefficient (Wildman–Crippen LogP) is 2.33. The topological polar surface area (TPSA) is 12.5 Å². The maximum Gasteiger partial charge on any atom is 0.0603 e. The lowest BCUT2D eigenvalue weighted by Crippen LogP contribution is -2.30. The molecule has 0 unspecified atom stereocenters. The molecule has 0 amide bonds. The molecule has 1 aliphatic rings. The summed E-state index contributed by atoms with van der Waals surface area (Å²) in [7, 11) is 0. The molecular weight excluding hydrogens is 194 g/mol. The number of benzene rings is 1. The van der Waals surface area contributed by atoms with Gasteiger partial charge in [0, 0.05) is 18.0 Å². The van der Waals surface area contributed by atoms with E-state index < -0.39 is 0 Å². The van der Waals surface area contributed by atoms with Crippen molar-refractivity contribution in [2.75, 3.05) is 26.3 Å². The molecule has 0 aliphatic carbocycles. The van der Waals surface area contributed by atoms with Crippen LogP contribution < -0.4 is 0 Å². The Bertz CT molecular complexity index is 297. The van der Waals surface area contributed by atoms with E-state index in [4.69, 9.17) is 4.74 Å². The van der Waals surface area contributed by atoms with Crippen molar-refractivity contribution in [3.05, 3.63) is 29.8 Å². The van der Waals surface area contributed by atoms with Crippen molar-refractivity contribution in [3.8, 4) is 0 Å². The van der Waals surface area contributed by atoms with Crippen LogP contribution in [0.25, 0.3) is 0 Å². The molecule has 0 saturated carbocycles. The molecule has 76 valence electrons. The maximum absolute atomic E-state index is 5.31. The van der Waals surface area contributed by atoms with Gasteiger partial charge in [0.2, 0.25) is 0 Å². The number of hydrogen-bond donors (Lipinski definition) is 0. The van der Waals surface area contributed by atoms with Gasteiger partial charge in [0.1, 0.15) is 0 Å². The minimum Gasteiger partial charge on any atom is -0.379 e. The average molecular weight is 209 g/mol. The Morgan fingerprint density at radius 3 is 2.79 bits per heavy atom. The second kappa shape index (κ2) is 4.82. The predicted molar refractivity (Wildman–Crippen MR) is 59.4 cm³/mol. The Morgan fingerprint density at radius 2 is 2.07 bits per heavy atom. The van der Waals surface area contributed by atoms with E-state index >= 15 is 0 Å². The van der Waals surface area contributed by atoms with E-state index in [1.165, 1.54) is 10.5 Å². The second-order valence-corrected chi connectivity index (χ2v) is 4.62. The first kappa shape index (κ1) is 10.0.